The summed E-state index contributed by atoms with van der Waals surface area (Å²) in [4.78, 5) is 29.0. The highest BCUT2D eigenvalue weighted by molar-refractivity contribution is 9.10. The van der Waals surface area contributed by atoms with Gasteiger partial charge in [-0.2, -0.15) is 0 Å². The zero-order valence-corrected chi connectivity index (χ0v) is 17.2. The van der Waals surface area contributed by atoms with Crippen LogP contribution in [-0.4, -0.2) is 22.8 Å². The number of hydrogen-bond donors (Lipinski definition) is 2. The van der Waals surface area contributed by atoms with Gasteiger partial charge in [0.1, 0.15) is 6.04 Å². The Morgan fingerprint density at radius 2 is 1.74 bits per heavy atom. The normalized spacial score (nSPS) is 11.7. The fourth-order valence-electron chi connectivity index (χ4n) is 2.42. The first kappa shape index (κ1) is 19.3. The number of anilines is 1. The highest BCUT2D eigenvalue weighted by atomic mass is 79.9. The Morgan fingerprint density at radius 3 is 2.33 bits per heavy atom. The Labute approximate surface area is 170 Å². The quantitative estimate of drug-likeness (QED) is 0.603. The van der Waals surface area contributed by atoms with Gasteiger partial charge >= 0.3 is 0 Å². The van der Waals surface area contributed by atoms with Gasteiger partial charge in [0.05, 0.1) is 10.7 Å². The maximum atomic E-state index is 12.3. The monoisotopic (exact) mass is 443 g/mol. The Hall–Kier alpha value is -2.51. The number of carbonyl (C=O) groups excluding carboxylic acids is 2. The maximum absolute atomic E-state index is 12.3. The molecule has 0 aliphatic carbocycles. The summed E-state index contributed by atoms with van der Waals surface area (Å²) in [6, 6.07) is 13.8. The van der Waals surface area contributed by atoms with Gasteiger partial charge < -0.3 is 10.6 Å². The van der Waals surface area contributed by atoms with Gasteiger partial charge in [0.2, 0.25) is 5.91 Å². The molecule has 0 aliphatic heterocycles. The van der Waals surface area contributed by atoms with Gasteiger partial charge in [-0.15, -0.1) is 11.3 Å². The fourth-order valence-corrected chi connectivity index (χ4v) is 3.30. The number of thiazole rings is 1. The zero-order chi connectivity index (χ0) is 19.4. The fraction of sp³-hybridized carbons (Fsp3) is 0.150. The molecule has 138 valence electrons. The van der Waals surface area contributed by atoms with Crippen LogP contribution in [0.3, 0.4) is 0 Å². The number of carbonyl (C=O) groups is 2. The van der Waals surface area contributed by atoms with E-state index in [9.17, 15) is 9.59 Å². The van der Waals surface area contributed by atoms with Crippen LogP contribution in [0.15, 0.2) is 58.4 Å². The van der Waals surface area contributed by atoms with E-state index in [2.05, 4.69) is 31.5 Å². The van der Waals surface area contributed by atoms with Gasteiger partial charge in [-0.3, -0.25) is 9.59 Å². The van der Waals surface area contributed by atoms with Gasteiger partial charge in [-0.25, -0.2) is 4.98 Å². The van der Waals surface area contributed by atoms with Crippen LogP contribution >= 0.6 is 27.3 Å². The molecule has 0 radical (unpaired) electrons. The third-order valence-electron chi connectivity index (χ3n) is 3.91. The largest absolute Gasteiger partial charge is 0.341 e. The summed E-state index contributed by atoms with van der Waals surface area (Å²) < 4.78 is 0.890. The van der Waals surface area contributed by atoms with Crippen molar-refractivity contribution in [2.45, 2.75) is 19.9 Å². The number of aromatic nitrogens is 1. The third kappa shape index (κ3) is 5.02. The highest BCUT2D eigenvalue weighted by Crippen LogP contribution is 2.23. The lowest BCUT2D eigenvalue weighted by atomic mass is 10.1. The van der Waals surface area contributed by atoms with Crippen molar-refractivity contribution in [1.29, 1.82) is 0 Å². The van der Waals surface area contributed by atoms with Crippen molar-refractivity contribution in [2.75, 3.05) is 5.32 Å². The van der Waals surface area contributed by atoms with E-state index in [1.54, 1.807) is 42.5 Å². The van der Waals surface area contributed by atoms with E-state index in [0.717, 1.165) is 20.7 Å². The summed E-state index contributed by atoms with van der Waals surface area (Å²) in [5, 5.41) is 8.53. The summed E-state index contributed by atoms with van der Waals surface area (Å²) in [5.41, 5.74) is 3.08. The molecule has 3 aromatic rings. The molecule has 0 fully saturated rings. The summed E-state index contributed by atoms with van der Waals surface area (Å²) >= 11 is 4.93. The van der Waals surface area contributed by atoms with Crippen LogP contribution in [-0.2, 0) is 4.79 Å². The van der Waals surface area contributed by atoms with Crippen molar-refractivity contribution in [1.82, 2.24) is 10.3 Å². The molecule has 1 heterocycles. The molecule has 0 saturated heterocycles. The molecule has 27 heavy (non-hydrogen) atoms. The highest BCUT2D eigenvalue weighted by Gasteiger charge is 2.17. The van der Waals surface area contributed by atoms with Crippen LogP contribution in [0.5, 0.6) is 0 Å². The number of aryl methyl sites for hydroxylation is 1. The zero-order valence-electron chi connectivity index (χ0n) is 14.8. The van der Waals surface area contributed by atoms with E-state index in [0.29, 0.717) is 11.3 Å². The van der Waals surface area contributed by atoms with Gasteiger partial charge in [0.15, 0.2) is 0 Å². The summed E-state index contributed by atoms with van der Waals surface area (Å²) in [6.07, 6.45) is 0. The predicted octanol–water partition coefficient (Wildman–Crippen LogP) is 4.64. The Balaban J connectivity index is 1.59. The number of rotatable bonds is 5. The molecular formula is C20H18BrN3O2S. The van der Waals surface area contributed by atoms with Crippen LogP contribution in [0.1, 0.15) is 22.3 Å². The Morgan fingerprint density at radius 1 is 1.07 bits per heavy atom. The summed E-state index contributed by atoms with van der Waals surface area (Å²) in [5.74, 6) is -0.572. The molecule has 0 spiro atoms. The van der Waals surface area contributed by atoms with Crippen LogP contribution in [0.4, 0.5) is 5.69 Å². The molecule has 3 rings (SSSR count). The SMILES string of the molecule is Cc1nc(-c2ccc(NC(=O)[C@H](C)NC(=O)c3ccc(Br)cc3)cc2)cs1. The molecule has 0 aliphatic rings. The molecule has 7 heteroatoms. The van der Waals surface area contributed by atoms with Crippen LogP contribution < -0.4 is 10.6 Å². The Kier molecular flexibility index (Phi) is 6.03. The second kappa shape index (κ2) is 8.45. The van der Waals surface area contributed by atoms with Gasteiger partial charge in [-0.05, 0) is 50.2 Å². The van der Waals surface area contributed by atoms with Crippen LogP contribution in [0.25, 0.3) is 11.3 Å². The number of nitrogens with zero attached hydrogens (tertiary/aromatic N) is 1. The van der Waals surface area contributed by atoms with E-state index in [-0.39, 0.29) is 11.8 Å². The molecular weight excluding hydrogens is 426 g/mol. The Bertz CT molecular complexity index is 952. The first-order valence-electron chi connectivity index (χ1n) is 8.32. The average Bonchev–Trinajstić information content (AvgIpc) is 3.09. The van der Waals surface area contributed by atoms with Crippen molar-refractivity contribution in [3.63, 3.8) is 0 Å². The minimum absolute atomic E-state index is 0.280. The molecule has 2 amide bonds. The van der Waals surface area contributed by atoms with Gasteiger partial charge in [0.25, 0.3) is 5.91 Å². The van der Waals surface area contributed by atoms with Crippen LogP contribution in [0.2, 0.25) is 0 Å². The van der Waals surface area contributed by atoms with Crippen molar-refractivity contribution in [2.24, 2.45) is 0 Å². The lowest BCUT2D eigenvalue weighted by molar-refractivity contribution is -0.117. The average molecular weight is 444 g/mol. The van der Waals surface area contributed by atoms with E-state index in [1.807, 2.05) is 36.6 Å². The second-order valence-corrected chi connectivity index (χ2v) is 8.00. The number of benzene rings is 2. The molecule has 0 bridgehead atoms. The van der Waals surface area contributed by atoms with Crippen molar-refractivity contribution < 1.29 is 9.59 Å². The maximum Gasteiger partial charge on any atom is 0.251 e. The number of nitrogens with one attached hydrogen (secondary N) is 2. The number of hydrogen-bond acceptors (Lipinski definition) is 4. The summed E-state index contributed by atoms with van der Waals surface area (Å²) in [6.45, 7) is 3.62. The topological polar surface area (TPSA) is 71.1 Å². The van der Waals surface area contributed by atoms with Crippen molar-refractivity contribution >= 4 is 44.8 Å². The summed E-state index contributed by atoms with van der Waals surface area (Å²) in [7, 11) is 0. The smallest absolute Gasteiger partial charge is 0.251 e. The molecule has 2 aromatic carbocycles. The first-order valence-corrected chi connectivity index (χ1v) is 9.99. The number of amides is 2. The van der Waals surface area contributed by atoms with E-state index >= 15 is 0 Å². The van der Waals surface area contributed by atoms with E-state index in [4.69, 9.17) is 0 Å². The van der Waals surface area contributed by atoms with E-state index in [1.165, 1.54) is 0 Å². The number of halogens is 1. The minimum atomic E-state index is -0.665. The molecule has 0 saturated carbocycles. The lowest BCUT2D eigenvalue weighted by Crippen LogP contribution is -2.41. The van der Waals surface area contributed by atoms with Gasteiger partial charge in [0, 0.05) is 26.7 Å². The molecule has 1 atom stereocenters. The van der Waals surface area contributed by atoms with Crippen molar-refractivity contribution in [3.05, 3.63) is 69.0 Å². The van der Waals surface area contributed by atoms with Gasteiger partial charge in [-0.1, -0.05) is 28.1 Å². The minimum Gasteiger partial charge on any atom is -0.341 e. The molecule has 1 aromatic heterocycles. The molecule has 2 N–H and O–H groups in total. The lowest BCUT2D eigenvalue weighted by Gasteiger charge is -2.14. The standard InChI is InChI=1S/C20H18BrN3O2S/c1-12(22-20(26)15-3-7-16(21)8-4-15)19(25)24-17-9-5-14(6-10-17)18-11-27-13(2)23-18/h3-12H,1-2H3,(H,22,26)(H,24,25)/t12-/m0/s1. The van der Waals surface area contributed by atoms with E-state index < -0.39 is 6.04 Å². The predicted molar refractivity (Wildman–Crippen MR) is 112 cm³/mol. The second-order valence-electron chi connectivity index (χ2n) is 6.02. The first-order chi connectivity index (χ1) is 12.9. The van der Waals surface area contributed by atoms with Crippen LogP contribution in [0, 0.1) is 6.92 Å². The molecule has 5 nitrogen and oxygen atoms in total. The molecule has 0 unspecified atom stereocenters. The third-order valence-corrected chi connectivity index (χ3v) is 5.22. The van der Waals surface area contributed by atoms with Crippen molar-refractivity contribution in [3.8, 4) is 11.3 Å².